The average Bonchev–Trinajstić information content (AvgIpc) is 3.01. The molecule has 0 N–H and O–H groups in total. The molecule has 3 heterocycles. The Balaban J connectivity index is 1.95. The van der Waals surface area contributed by atoms with Crippen molar-refractivity contribution in [3.8, 4) is 0 Å². The van der Waals surface area contributed by atoms with E-state index in [0.717, 1.165) is 27.8 Å². The number of hydrogen-bond acceptors (Lipinski definition) is 3. The Hall–Kier alpha value is -2.14. The molecular weight excluding hydrogens is 314 g/mol. The van der Waals surface area contributed by atoms with E-state index >= 15 is 0 Å². The summed E-state index contributed by atoms with van der Waals surface area (Å²) in [6.07, 6.45) is 1.71. The molecule has 2 aromatic heterocycles. The molecule has 116 valence electrons. The molecular formula is C18H14F2N2S. The first-order chi connectivity index (χ1) is 10.9. The highest BCUT2D eigenvalue weighted by atomic mass is 32.1. The molecule has 0 radical (unpaired) electrons. The van der Waals surface area contributed by atoms with Gasteiger partial charge in [-0.05, 0) is 37.4 Å². The summed E-state index contributed by atoms with van der Waals surface area (Å²) in [5.74, 6) is -2.97. The monoisotopic (exact) mass is 328 g/mol. The second-order valence-corrected chi connectivity index (χ2v) is 7.09. The van der Waals surface area contributed by atoms with E-state index in [1.54, 1.807) is 17.6 Å². The van der Waals surface area contributed by atoms with Gasteiger partial charge in [0.05, 0.1) is 16.1 Å². The standard InChI is InChI=1S/C18H14F2N2S/c1-17(2)18(19,20)16-13(7-8-23-16)15(22-17)12-9-11-5-3-4-6-14(11)21-10-12/h3-10H,1-2H3. The minimum absolute atomic E-state index is 0.0839. The van der Waals surface area contributed by atoms with E-state index in [-0.39, 0.29) is 4.88 Å². The normalized spacial score (nSPS) is 18.5. The van der Waals surface area contributed by atoms with E-state index < -0.39 is 11.5 Å². The maximum absolute atomic E-state index is 14.6. The molecule has 2 nitrogen and oxygen atoms in total. The SMILES string of the molecule is CC1(C)N=C(c2cnc3ccccc3c2)c2ccsc2C1(F)F. The number of fused-ring (bicyclic) bond motifs is 2. The summed E-state index contributed by atoms with van der Waals surface area (Å²) in [5, 5.41) is 2.67. The highest BCUT2D eigenvalue weighted by Crippen LogP contribution is 2.48. The van der Waals surface area contributed by atoms with Crippen LogP contribution in [-0.2, 0) is 5.92 Å². The Kier molecular flexibility index (Phi) is 2.94. The van der Waals surface area contributed by atoms with Gasteiger partial charge < -0.3 is 0 Å². The van der Waals surface area contributed by atoms with Crippen LogP contribution in [0.25, 0.3) is 10.9 Å². The molecule has 4 rings (SSSR count). The van der Waals surface area contributed by atoms with Crippen molar-refractivity contribution in [3.05, 3.63) is 64.0 Å². The number of alkyl halides is 2. The van der Waals surface area contributed by atoms with Crippen LogP contribution in [0, 0.1) is 0 Å². The zero-order valence-corrected chi connectivity index (χ0v) is 13.5. The molecule has 1 aliphatic heterocycles. The smallest absolute Gasteiger partial charge is 0.271 e. The Morgan fingerprint density at radius 2 is 1.87 bits per heavy atom. The van der Waals surface area contributed by atoms with Gasteiger partial charge in [0.15, 0.2) is 0 Å². The van der Waals surface area contributed by atoms with Crippen LogP contribution < -0.4 is 0 Å². The van der Waals surface area contributed by atoms with Gasteiger partial charge in [-0.3, -0.25) is 9.98 Å². The Morgan fingerprint density at radius 3 is 2.70 bits per heavy atom. The molecule has 1 aliphatic rings. The summed E-state index contributed by atoms with van der Waals surface area (Å²) in [7, 11) is 0. The topological polar surface area (TPSA) is 25.2 Å². The fraction of sp³-hybridized carbons (Fsp3) is 0.222. The summed E-state index contributed by atoms with van der Waals surface area (Å²) in [5.41, 5.74) is 1.27. The summed E-state index contributed by atoms with van der Waals surface area (Å²) >= 11 is 1.09. The lowest BCUT2D eigenvalue weighted by atomic mass is 9.87. The maximum atomic E-state index is 14.6. The van der Waals surface area contributed by atoms with Crippen molar-refractivity contribution in [2.45, 2.75) is 25.3 Å². The third kappa shape index (κ3) is 2.03. The van der Waals surface area contributed by atoms with Crippen molar-refractivity contribution in [1.82, 2.24) is 4.98 Å². The summed E-state index contributed by atoms with van der Waals surface area (Å²) in [6.45, 7) is 2.95. The number of aromatic nitrogens is 1. The fourth-order valence-corrected chi connectivity index (χ4v) is 3.88. The highest BCUT2D eigenvalue weighted by molar-refractivity contribution is 7.10. The van der Waals surface area contributed by atoms with Gasteiger partial charge in [-0.2, -0.15) is 8.78 Å². The molecule has 3 aromatic rings. The van der Waals surface area contributed by atoms with Gasteiger partial charge in [0.25, 0.3) is 0 Å². The molecule has 0 unspecified atom stereocenters. The molecule has 0 amide bonds. The van der Waals surface area contributed by atoms with Crippen molar-refractivity contribution < 1.29 is 8.78 Å². The van der Waals surface area contributed by atoms with Crippen LogP contribution in [0.3, 0.4) is 0 Å². The number of para-hydroxylation sites is 1. The molecule has 0 aliphatic carbocycles. The van der Waals surface area contributed by atoms with Gasteiger partial charge in [0.1, 0.15) is 5.54 Å². The van der Waals surface area contributed by atoms with Crippen molar-refractivity contribution in [1.29, 1.82) is 0 Å². The first kappa shape index (κ1) is 14.5. The van der Waals surface area contributed by atoms with Crippen LogP contribution in [0.2, 0.25) is 0 Å². The quantitative estimate of drug-likeness (QED) is 0.616. The number of thiophene rings is 1. The molecule has 1 aromatic carbocycles. The third-order valence-electron chi connectivity index (χ3n) is 4.23. The van der Waals surface area contributed by atoms with Crippen LogP contribution in [0.4, 0.5) is 8.78 Å². The first-order valence-corrected chi connectivity index (χ1v) is 8.19. The van der Waals surface area contributed by atoms with Gasteiger partial charge in [-0.25, -0.2) is 0 Å². The Morgan fingerprint density at radius 1 is 1.09 bits per heavy atom. The van der Waals surface area contributed by atoms with E-state index in [9.17, 15) is 8.78 Å². The number of hydrogen-bond donors (Lipinski definition) is 0. The van der Waals surface area contributed by atoms with Crippen molar-refractivity contribution in [2.24, 2.45) is 4.99 Å². The number of rotatable bonds is 1. The lowest BCUT2D eigenvalue weighted by Crippen LogP contribution is -2.43. The zero-order valence-electron chi connectivity index (χ0n) is 12.7. The number of halogens is 2. The molecule has 0 spiro atoms. The van der Waals surface area contributed by atoms with Gasteiger partial charge in [-0.1, -0.05) is 18.2 Å². The maximum Gasteiger partial charge on any atom is 0.306 e. The number of pyridine rings is 1. The van der Waals surface area contributed by atoms with Crippen molar-refractivity contribution >= 4 is 28.0 Å². The molecule has 23 heavy (non-hydrogen) atoms. The highest BCUT2D eigenvalue weighted by Gasteiger charge is 2.53. The average molecular weight is 328 g/mol. The largest absolute Gasteiger partial charge is 0.306 e. The molecule has 0 bridgehead atoms. The summed E-state index contributed by atoms with van der Waals surface area (Å²) < 4.78 is 29.3. The molecule has 0 saturated heterocycles. The second kappa shape index (κ2) is 4.68. The van der Waals surface area contributed by atoms with Crippen molar-refractivity contribution in [3.63, 3.8) is 0 Å². The van der Waals surface area contributed by atoms with E-state index in [0.29, 0.717) is 11.3 Å². The first-order valence-electron chi connectivity index (χ1n) is 7.31. The Bertz CT molecular complexity index is 941. The fourth-order valence-electron chi connectivity index (χ4n) is 2.85. The van der Waals surface area contributed by atoms with E-state index in [4.69, 9.17) is 0 Å². The van der Waals surface area contributed by atoms with Gasteiger partial charge in [-0.15, -0.1) is 11.3 Å². The van der Waals surface area contributed by atoms with Crippen LogP contribution in [0.15, 0.2) is 53.0 Å². The lowest BCUT2D eigenvalue weighted by molar-refractivity contribution is -0.0646. The van der Waals surface area contributed by atoms with E-state index in [1.165, 1.54) is 13.8 Å². The predicted octanol–water partition coefficient (Wildman–Crippen LogP) is 5.02. The summed E-state index contributed by atoms with van der Waals surface area (Å²) in [4.78, 5) is 8.91. The van der Waals surface area contributed by atoms with Crippen LogP contribution in [-0.4, -0.2) is 16.2 Å². The Labute approximate surface area is 136 Å². The number of nitrogens with zero attached hydrogens (tertiary/aromatic N) is 2. The van der Waals surface area contributed by atoms with Crippen LogP contribution in [0.5, 0.6) is 0 Å². The minimum Gasteiger partial charge on any atom is -0.271 e. The van der Waals surface area contributed by atoms with Gasteiger partial charge in [0.2, 0.25) is 0 Å². The van der Waals surface area contributed by atoms with Crippen LogP contribution in [0.1, 0.15) is 29.9 Å². The third-order valence-corrected chi connectivity index (χ3v) is 5.21. The predicted molar refractivity (Wildman–Crippen MR) is 89.7 cm³/mol. The number of benzene rings is 1. The van der Waals surface area contributed by atoms with E-state index in [2.05, 4.69) is 9.98 Å². The van der Waals surface area contributed by atoms with Gasteiger partial charge in [0, 0.05) is 22.7 Å². The zero-order chi connectivity index (χ0) is 16.2. The second-order valence-electron chi connectivity index (χ2n) is 6.17. The lowest BCUT2D eigenvalue weighted by Gasteiger charge is -2.35. The minimum atomic E-state index is -2.97. The molecule has 5 heteroatoms. The van der Waals surface area contributed by atoms with Gasteiger partial charge >= 0.3 is 5.92 Å². The van der Waals surface area contributed by atoms with Crippen molar-refractivity contribution in [2.75, 3.05) is 0 Å². The molecule has 0 atom stereocenters. The molecule has 0 saturated carbocycles. The van der Waals surface area contributed by atoms with E-state index in [1.807, 2.05) is 30.3 Å². The number of aliphatic imine (C=N–C) groups is 1. The molecule has 0 fully saturated rings. The summed E-state index contributed by atoms with van der Waals surface area (Å²) in [6, 6.07) is 11.4. The van der Waals surface area contributed by atoms with Crippen LogP contribution >= 0.6 is 11.3 Å².